The monoisotopic (exact) mass is 444 g/mol. The van der Waals surface area contributed by atoms with Crippen molar-refractivity contribution in [3.8, 4) is 5.88 Å². The van der Waals surface area contributed by atoms with Crippen molar-refractivity contribution in [2.45, 2.75) is 73.8 Å². The Morgan fingerprint density at radius 1 is 1.16 bits per heavy atom. The lowest BCUT2D eigenvalue weighted by Gasteiger charge is -2.36. The Labute approximate surface area is 182 Å². The van der Waals surface area contributed by atoms with Crippen molar-refractivity contribution in [2.75, 3.05) is 5.32 Å². The summed E-state index contributed by atoms with van der Waals surface area (Å²) in [5.74, 6) is 0.312. The van der Waals surface area contributed by atoms with Crippen LogP contribution in [0.4, 0.5) is 15.9 Å². The summed E-state index contributed by atoms with van der Waals surface area (Å²) < 4.78 is 45.6. The third kappa shape index (κ3) is 3.91. The molecule has 3 heterocycles. The molecule has 3 atom stereocenters. The second kappa shape index (κ2) is 7.74. The molecule has 5 rings (SSSR count). The van der Waals surface area contributed by atoms with Crippen molar-refractivity contribution in [1.29, 1.82) is 0 Å². The SMILES string of the molecule is BN1C2CC[C@H]1CC(Oc1ncnc(Nc3ccc(S(=O)(=O)C4CC4)cc3F)c1C)C2. The van der Waals surface area contributed by atoms with E-state index in [1.165, 1.54) is 31.3 Å². The molecule has 10 heteroatoms. The van der Waals surface area contributed by atoms with Gasteiger partial charge in [0.1, 0.15) is 24.1 Å². The van der Waals surface area contributed by atoms with Crippen LogP contribution >= 0.6 is 0 Å². The van der Waals surface area contributed by atoms with Crippen LogP contribution in [0.15, 0.2) is 29.4 Å². The maximum absolute atomic E-state index is 14.7. The highest BCUT2D eigenvalue weighted by Crippen LogP contribution is 2.37. The lowest BCUT2D eigenvalue weighted by atomic mass is 9.96. The number of piperidine rings is 1. The molecule has 3 aliphatic rings. The molecular weight excluding hydrogens is 418 g/mol. The van der Waals surface area contributed by atoms with Gasteiger partial charge in [0.2, 0.25) is 5.88 Å². The predicted molar refractivity (Wildman–Crippen MR) is 118 cm³/mol. The van der Waals surface area contributed by atoms with E-state index in [1.54, 1.807) is 0 Å². The van der Waals surface area contributed by atoms with Crippen LogP contribution in [-0.2, 0) is 9.84 Å². The molecule has 2 aliphatic heterocycles. The molecule has 2 bridgehead atoms. The highest BCUT2D eigenvalue weighted by Gasteiger charge is 2.39. The van der Waals surface area contributed by atoms with Gasteiger partial charge in [-0.25, -0.2) is 22.8 Å². The zero-order valence-corrected chi connectivity index (χ0v) is 18.5. The Bertz CT molecular complexity index is 1100. The van der Waals surface area contributed by atoms with E-state index in [1.807, 2.05) is 6.92 Å². The number of ether oxygens (including phenoxy) is 1. The standard InChI is InChI=1S/C21H26BFN4O3S/c1-12-20(26-19-7-6-17(10-18(19)23)31(28,29)16-4-5-16)24-11-25-21(12)30-15-8-13-2-3-14(9-15)27(13)22/h6-7,10-11,13-16H,2-5,8-9,22H2,1H3,(H,24,25,26)/t13-,14?,15?/m0/s1. The number of hydrogen-bond donors (Lipinski definition) is 1. The molecule has 1 aromatic carbocycles. The van der Waals surface area contributed by atoms with Crippen LogP contribution in [0.3, 0.4) is 0 Å². The molecule has 1 N–H and O–H groups in total. The number of fused-ring (bicyclic) bond motifs is 2. The van der Waals surface area contributed by atoms with Gasteiger partial charge >= 0.3 is 0 Å². The average Bonchev–Trinajstić information content (AvgIpc) is 3.56. The molecule has 164 valence electrons. The summed E-state index contributed by atoms with van der Waals surface area (Å²) in [6.45, 7) is 1.84. The minimum atomic E-state index is -3.43. The van der Waals surface area contributed by atoms with E-state index in [0.29, 0.717) is 42.2 Å². The zero-order valence-electron chi connectivity index (χ0n) is 17.7. The van der Waals surface area contributed by atoms with Gasteiger partial charge in [0, 0.05) is 12.1 Å². The predicted octanol–water partition coefficient (Wildman–Crippen LogP) is 2.53. The van der Waals surface area contributed by atoms with E-state index < -0.39 is 15.7 Å². The van der Waals surface area contributed by atoms with Crippen molar-refractivity contribution >= 4 is 29.3 Å². The van der Waals surface area contributed by atoms with E-state index in [2.05, 4.69) is 28.1 Å². The Hall–Kier alpha value is -2.20. The van der Waals surface area contributed by atoms with E-state index in [4.69, 9.17) is 4.74 Å². The second-order valence-corrected chi connectivity index (χ2v) is 11.2. The topological polar surface area (TPSA) is 84.4 Å². The first-order chi connectivity index (χ1) is 14.8. The second-order valence-electron chi connectivity index (χ2n) is 8.93. The van der Waals surface area contributed by atoms with E-state index in [-0.39, 0.29) is 21.9 Å². The van der Waals surface area contributed by atoms with Crippen LogP contribution in [0.25, 0.3) is 0 Å². The molecule has 0 amide bonds. The molecule has 2 saturated heterocycles. The lowest BCUT2D eigenvalue weighted by molar-refractivity contribution is 0.0922. The number of benzene rings is 1. The van der Waals surface area contributed by atoms with E-state index in [0.717, 1.165) is 18.9 Å². The summed E-state index contributed by atoms with van der Waals surface area (Å²) >= 11 is 0. The fraction of sp³-hybridized carbons (Fsp3) is 0.524. The van der Waals surface area contributed by atoms with Gasteiger partial charge < -0.3 is 14.9 Å². The number of hydrogen-bond acceptors (Lipinski definition) is 7. The van der Waals surface area contributed by atoms with Gasteiger partial charge in [-0.15, -0.1) is 0 Å². The van der Waals surface area contributed by atoms with Gasteiger partial charge in [-0.2, -0.15) is 0 Å². The molecule has 31 heavy (non-hydrogen) atoms. The first-order valence-corrected chi connectivity index (χ1v) is 12.4. The van der Waals surface area contributed by atoms with E-state index in [9.17, 15) is 12.8 Å². The first-order valence-electron chi connectivity index (χ1n) is 10.8. The van der Waals surface area contributed by atoms with Crippen LogP contribution in [-0.4, -0.2) is 54.6 Å². The van der Waals surface area contributed by atoms with Crippen LogP contribution < -0.4 is 10.1 Å². The lowest BCUT2D eigenvalue weighted by Crippen LogP contribution is -2.44. The smallest absolute Gasteiger partial charge is 0.221 e. The normalized spacial score (nSPS) is 26.1. The third-order valence-electron chi connectivity index (χ3n) is 6.86. The van der Waals surface area contributed by atoms with Crippen molar-refractivity contribution < 1.29 is 17.5 Å². The molecular formula is C21H26BFN4O3S. The van der Waals surface area contributed by atoms with Crippen molar-refractivity contribution in [2.24, 2.45) is 0 Å². The maximum Gasteiger partial charge on any atom is 0.221 e. The Kier molecular flexibility index (Phi) is 5.17. The molecule has 0 spiro atoms. The Balaban J connectivity index is 1.32. The maximum atomic E-state index is 14.7. The van der Waals surface area contributed by atoms with Gasteiger partial charge in [-0.05, 0) is 63.6 Å². The Morgan fingerprint density at radius 2 is 1.87 bits per heavy atom. The summed E-state index contributed by atoms with van der Waals surface area (Å²) in [5, 5.41) is 2.60. The molecule has 2 unspecified atom stereocenters. The highest BCUT2D eigenvalue weighted by atomic mass is 32.2. The molecule has 0 radical (unpaired) electrons. The summed E-state index contributed by atoms with van der Waals surface area (Å²) in [4.78, 5) is 11.0. The number of rotatable bonds is 6. The number of nitrogens with one attached hydrogen (secondary N) is 1. The number of sulfone groups is 1. The van der Waals surface area contributed by atoms with Crippen LogP contribution in [0, 0.1) is 12.7 Å². The fourth-order valence-corrected chi connectivity index (χ4v) is 6.43. The van der Waals surface area contributed by atoms with Crippen LogP contribution in [0.5, 0.6) is 5.88 Å². The first kappa shape index (κ1) is 20.7. The fourth-order valence-electron chi connectivity index (χ4n) is 4.77. The summed E-state index contributed by atoms with van der Waals surface area (Å²) in [5.41, 5.74) is 0.864. The number of nitrogens with zero attached hydrogens (tertiary/aromatic N) is 3. The van der Waals surface area contributed by atoms with Gasteiger partial charge in [-0.3, -0.25) is 0 Å². The van der Waals surface area contributed by atoms with Gasteiger partial charge in [0.15, 0.2) is 17.8 Å². The average molecular weight is 444 g/mol. The number of halogens is 1. The van der Waals surface area contributed by atoms with Gasteiger partial charge in [0.25, 0.3) is 0 Å². The van der Waals surface area contributed by atoms with E-state index >= 15 is 0 Å². The summed E-state index contributed by atoms with van der Waals surface area (Å²) in [7, 11) is -1.25. The largest absolute Gasteiger partial charge is 0.474 e. The summed E-state index contributed by atoms with van der Waals surface area (Å²) in [6.07, 6.45) is 7.17. The van der Waals surface area contributed by atoms with Crippen molar-refractivity contribution in [3.63, 3.8) is 0 Å². The van der Waals surface area contributed by atoms with Gasteiger partial charge in [0.05, 0.1) is 21.4 Å². The number of anilines is 2. The van der Waals surface area contributed by atoms with Gasteiger partial charge in [-0.1, -0.05) is 0 Å². The van der Waals surface area contributed by atoms with Crippen LogP contribution in [0.2, 0.25) is 0 Å². The molecule has 2 aromatic rings. The Morgan fingerprint density at radius 3 is 2.52 bits per heavy atom. The van der Waals surface area contributed by atoms with Crippen molar-refractivity contribution in [1.82, 2.24) is 14.8 Å². The molecule has 7 nitrogen and oxygen atoms in total. The highest BCUT2D eigenvalue weighted by molar-refractivity contribution is 7.92. The molecule has 3 fully saturated rings. The number of aromatic nitrogens is 2. The minimum Gasteiger partial charge on any atom is -0.474 e. The third-order valence-corrected chi connectivity index (χ3v) is 9.12. The zero-order chi connectivity index (χ0) is 21.8. The molecule has 1 aromatic heterocycles. The van der Waals surface area contributed by atoms with Crippen LogP contribution in [0.1, 0.15) is 44.1 Å². The molecule has 1 saturated carbocycles. The summed E-state index contributed by atoms with van der Waals surface area (Å²) in [6, 6.07) is 5.09. The molecule has 1 aliphatic carbocycles. The minimum absolute atomic E-state index is 0.0263. The van der Waals surface area contributed by atoms with Crippen molar-refractivity contribution in [3.05, 3.63) is 35.9 Å². The quantitative estimate of drug-likeness (QED) is 0.686.